The zero-order valence-electron chi connectivity index (χ0n) is 11.4. The van der Waals surface area contributed by atoms with Crippen molar-refractivity contribution in [2.45, 2.75) is 31.8 Å². The summed E-state index contributed by atoms with van der Waals surface area (Å²) < 4.78 is 32.0. The van der Waals surface area contributed by atoms with Crippen LogP contribution < -0.4 is 10.0 Å². The van der Waals surface area contributed by atoms with Crippen LogP contribution in [0.5, 0.6) is 0 Å². The van der Waals surface area contributed by atoms with Gasteiger partial charge in [-0.15, -0.1) is 11.3 Å². The largest absolute Gasteiger partial charge is 0.340 e. The average Bonchev–Trinajstić information content (AvgIpc) is 2.95. The number of thiophene rings is 1. The van der Waals surface area contributed by atoms with E-state index < -0.39 is 10.0 Å². The predicted molar refractivity (Wildman–Crippen MR) is 74.9 cm³/mol. The molecule has 2 N–H and O–H groups in total. The van der Waals surface area contributed by atoms with Crippen molar-refractivity contribution in [2.24, 2.45) is 0 Å². The summed E-state index contributed by atoms with van der Waals surface area (Å²) in [6.07, 6.45) is 0. The van der Waals surface area contributed by atoms with Crippen LogP contribution in [0.15, 0.2) is 14.8 Å². The van der Waals surface area contributed by atoms with Gasteiger partial charge in [0.05, 0.1) is 6.54 Å². The van der Waals surface area contributed by atoms with Crippen LogP contribution in [-0.4, -0.2) is 25.6 Å². The Morgan fingerprint density at radius 1 is 1.35 bits per heavy atom. The first kappa shape index (κ1) is 15.1. The Hall–Kier alpha value is -1.29. The first-order valence-electron chi connectivity index (χ1n) is 5.94. The van der Waals surface area contributed by atoms with E-state index >= 15 is 0 Å². The Bertz CT molecular complexity index is 690. The highest BCUT2D eigenvalue weighted by atomic mass is 32.2. The van der Waals surface area contributed by atoms with Crippen molar-refractivity contribution >= 4 is 21.4 Å². The zero-order valence-corrected chi connectivity index (χ0v) is 13.1. The maximum Gasteiger partial charge on any atom is 0.242 e. The van der Waals surface area contributed by atoms with Gasteiger partial charge >= 0.3 is 0 Å². The molecule has 0 unspecified atom stereocenters. The third kappa shape index (κ3) is 3.23. The summed E-state index contributed by atoms with van der Waals surface area (Å²) in [5.41, 5.74) is 0.733. The highest BCUT2D eigenvalue weighted by Gasteiger charge is 2.23. The Balaban J connectivity index is 2.20. The molecule has 0 radical (unpaired) electrons. The van der Waals surface area contributed by atoms with Crippen molar-refractivity contribution in [3.8, 4) is 0 Å². The molecule has 0 spiro atoms. The highest BCUT2D eigenvalue weighted by molar-refractivity contribution is 7.89. The Morgan fingerprint density at radius 2 is 2.10 bits per heavy atom. The van der Waals surface area contributed by atoms with Gasteiger partial charge in [0, 0.05) is 18.3 Å². The second kappa shape index (κ2) is 6.00. The lowest BCUT2D eigenvalue weighted by molar-refractivity contribution is 0.387. The molecule has 2 heterocycles. The van der Waals surface area contributed by atoms with Crippen LogP contribution in [0, 0.1) is 13.8 Å². The molecule has 0 bridgehead atoms. The molecular weight excluding hydrogens is 300 g/mol. The van der Waals surface area contributed by atoms with E-state index in [1.807, 2.05) is 5.38 Å². The molecule has 0 aliphatic heterocycles. The lowest BCUT2D eigenvalue weighted by atomic mass is 10.3. The predicted octanol–water partition coefficient (Wildman–Crippen LogP) is 0.946. The van der Waals surface area contributed by atoms with Crippen LogP contribution >= 0.6 is 11.3 Å². The number of aryl methyl sites for hydroxylation is 2. The first-order chi connectivity index (χ1) is 9.44. The molecule has 20 heavy (non-hydrogen) atoms. The quantitative estimate of drug-likeness (QED) is 0.823. The number of sulfonamides is 1. The van der Waals surface area contributed by atoms with Gasteiger partial charge < -0.3 is 9.84 Å². The molecule has 0 fully saturated rings. The second-order valence-corrected chi connectivity index (χ2v) is 6.92. The summed E-state index contributed by atoms with van der Waals surface area (Å²) in [5.74, 6) is 0.718. The van der Waals surface area contributed by atoms with Crippen molar-refractivity contribution in [3.63, 3.8) is 0 Å². The van der Waals surface area contributed by atoms with Crippen molar-refractivity contribution in [1.29, 1.82) is 0 Å². The first-order valence-corrected chi connectivity index (χ1v) is 8.30. The fourth-order valence-corrected chi connectivity index (χ4v) is 4.57. The molecule has 110 valence electrons. The Kier molecular flexibility index (Phi) is 4.53. The van der Waals surface area contributed by atoms with E-state index in [0.29, 0.717) is 23.2 Å². The number of nitrogens with zero attached hydrogens (tertiary/aromatic N) is 2. The Morgan fingerprint density at radius 3 is 2.70 bits per heavy atom. The summed E-state index contributed by atoms with van der Waals surface area (Å²) in [4.78, 5) is 5.07. The van der Waals surface area contributed by atoms with E-state index in [2.05, 4.69) is 20.2 Å². The van der Waals surface area contributed by atoms with Crippen molar-refractivity contribution in [1.82, 2.24) is 20.2 Å². The lowest BCUT2D eigenvalue weighted by Gasteiger charge is -2.07. The molecule has 2 aromatic heterocycles. The van der Waals surface area contributed by atoms with Gasteiger partial charge in [0.1, 0.15) is 4.90 Å². The molecule has 0 atom stereocenters. The van der Waals surface area contributed by atoms with Gasteiger partial charge in [0.2, 0.25) is 15.9 Å². The number of hydrogen-bond donors (Lipinski definition) is 2. The molecule has 2 rings (SSSR count). The van der Waals surface area contributed by atoms with Crippen molar-refractivity contribution < 1.29 is 12.9 Å². The third-order valence-corrected chi connectivity index (χ3v) is 5.45. The summed E-state index contributed by atoms with van der Waals surface area (Å²) in [7, 11) is -1.81. The van der Waals surface area contributed by atoms with Crippen LogP contribution in [0.2, 0.25) is 0 Å². The Labute approximate surface area is 121 Å². The minimum atomic E-state index is -3.59. The lowest BCUT2D eigenvalue weighted by Crippen LogP contribution is -2.25. The molecule has 2 aromatic rings. The van der Waals surface area contributed by atoms with Crippen LogP contribution in [-0.2, 0) is 23.1 Å². The minimum absolute atomic E-state index is 0.00789. The van der Waals surface area contributed by atoms with Gasteiger partial charge in [-0.05, 0) is 24.9 Å². The molecule has 7 nitrogen and oxygen atoms in total. The van der Waals surface area contributed by atoms with E-state index in [9.17, 15) is 8.42 Å². The molecule has 0 aromatic carbocycles. The minimum Gasteiger partial charge on any atom is -0.340 e. The number of hydrogen-bond acceptors (Lipinski definition) is 7. The van der Waals surface area contributed by atoms with Gasteiger partial charge in [0.15, 0.2) is 5.82 Å². The van der Waals surface area contributed by atoms with E-state index in [0.717, 1.165) is 10.4 Å². The number of aromatic nitrogens is 2. The fourth-order valence-electron chi connectivity index (χ4n) is 1.78. The normalized spacial score (nSPS) is 11.9. The third-order valence-electron chi connectivity index (χ3n) is 2.59. The monoisotopic (exact) mass is 316 g/mol. The molecule has 0 aliphatic rings. The molecule has 0 amide bonds. The maximum absolute atomic E-state index is 12.4. The standard InChI is InChI=1S/C11H16N4O3S2/c1-7-6-19-9(4-12-3)11(7)20(16,17)13-5-10-14-8(2)18-15-10/h6,12-13H,4-5H2,1-3H3. The summed E-state index contributed by atoms with van der Waals surface area (Å²) in [6, 6.07) is 0. The topological polar surface area (TPSA) is 97.1 Å². The van der Waals surface area contributed by atoms with E-state index in [-0.39, 0.29) is 6.54 Å². The van der Waals surface area contributed by atoms with Gasteiger partial charge in [-0.1, -0.05) is 5.16 Å². The van der Waals surface area contributed by atoms with Crippen LogP contribution in [0.3, 0.4) is 0 Å². The molecular formula is C11H16N4O3S2. The van der Waals surface area contributed by atoms with E-state index in [4.69, 9.17) is 4.52 Å². The molecule has 0 saturated heterocycles. The summed E-state index contributed by atoms with van der Waals surface area (Å²) >= 11 is 1.42. The number of nitrogens with one attached hydrogen (secondary N) is 2. The number of rotatable bonds is 6. The summed E-state index contributed by atoms with van der Waals surface area (Å²) in [5, 5.41) is 8.46. The van der Waals surface area contributed by atoms with E-state index in [1.54, 1.807) is 20.9 Å². The zero-order chi connectivity index (χ0) is 14.8. The smallest absolute Gasteiger partial charge is 0.242 e. The van der Waals surface area contributed by atoms with Crippen molar-refractivity contribution in [2.75, 3.05) is 7.05 Å². The maximum atomic E-state index is 12.4. The van der Waals surface area contributed by atoms with Crippen LogP contribution in [0.25, 0.3) is 0 Å². The van der Waals surface area contributed by atoms with Gasteiger partial charge in [0.25, 0.3) is 0 Å². The van der Waals surface area contributed by atoms with Gasteiger partial charge in [-0.3, -0.25) is 0 Å². The molecule has 9 heteroatoms. The SMILES string of the molecule is CNCc1scc(C)c1S(=O)(=O)NCc1noc(C)n1. The van der Waals surface area contributed by atoms with Crippen LogP contribution in [0.4, 0.5) is 0 Å². The highest BCUT2D eigenvalue weighted by Crippen LogP contribution is 2.26. The van der Waals surface area contributed by atoms with Gasteiger partial charge in [-0.25, -0.2) is 13.1 Å². The second-order valence-electron chi connectivity index (χ2n) is 4.26. The van der Waals surface area contributed by atoms with E-state index in [1.165, 1.54) is 11.3 Å². The van der Waals surface area contributed by atoms with Crippen molar-refractivity contribution in [3.05, 3.63) is 27.5 Å². The van der Waals surface area contributed by atoms with Gasteiger partial charge in [-0.2, -0.15) is 4.98 Å². The summed E-state index contributed by atoms with van der Waals surface area (Å²) in [6.45, 7) is 3.95. The molecule has 0 aliphatic carbocycles. The van der Waals surface area contributed by atoms with Crippen LogP contribution in [0.1, 0.15) is 22.2 Å². The molecule has 0 saturated carbocycles. The average molecular weight is 316 g/mol. The fraction of sp³-hybridized carbons (Fsp3) is 0.455.